The van der Waals surface area contributed by atoms with Crippen molar-refractivity contribution in [3.8, 4) is 0 Å². The molecule has 1 atom stereocenters. The molecular weight excluding hydrogens is 156 g/mol. The van der Waals surface area contributed by atoms with Gasteiger partial charge in [0.15, 0.2) is 0 Å². The second kappa shape index (κ2) is 5.83. The SMILES string of the molecule is CC(CCN)NC(=O)OC(C)C. The molecule has 4 nitrogen and oxygen atoms in total. The quantitative estimate of drug-likeness (QED) is 0.664. The minimum absolute atomic E-state index is 0.0740. The normalized spacial score (nSPS) is 12.8. The zero-order valence-corrected chi connectivity index (χ0v) is 7.96. The van der Waals surface area contributed by atoms with Crippen molar-refractivity contribution in [2.45, 2.75) is 39.3 Å². The number of alkyl carbamates (subject to hydrolysis) is 1. The number of nitrogens with one attached hydrogen (secondary N) is 1. The lowest BCUT2D eigenvalue weighted by atomic mass is 10.2. The molecule has 0 aromatic rings. The summed E-state index contributed by atoms with van der Waals surface area (Å²) < 4.78 is 4.88. The van der Waals surface area contributed by atoms with Crippen LogP contribution in [0.3, 0.4) is 0 Å². The van der Waals surface area contributed by atoms with Crippen molar-refractivity contribution in [2.24, 2.45) is 5.73 Å². The highest BCUT2D eigenvalue weighted by atomic mass is 16.6. The predicted octanol–water partition coefficient (Wildman–Crippen LogP) is 0.858. The molecule has 0 heterocycles. The summed E-state index contributed by atoms with van der Waals surface area (Å²) in [5, 5.41) is 2.67. The molecule has 0 bridgehead atoms. The highest BCUT2D eigenvalue weighted by Crippen LogP contribution is 1.92. The fraction of sp³-hybridized carbons (Fsp3) is 0.875. The van der Waals surface area contributed by atoms with E-state index in [1.165, 1.54) is 0 Å². The van der Waals surface area contributed by atoms with Crippen molar-refractivity contribution in [1.82, 2.24) is 5.32 Å². The maximum Gasteiger partial charge on any atom is 0.407 e. The average Bonchev–Trinajstić information content (AvgIpc) is 1.84. The van der Waals surface area contributed by atoms with Crippen LogP contribution in [0.2, 0.25) is 0 Å². The minimum Gasteiger partial charge on any atom is -0.447 e. The second-order valence-electron chi connectivity index (χ2n) is 3.08. The van der Waals surface area contributed by atoms with Gasteiger partial charge in [0.2, 0.25) is 0 Å². The standard InChI is InChI=1S/C8H18N2O2/c1-6(2)12-8(11)10-7(3)4-5-9/h6-7H,4-5,9H2,1-3H3,(H,10,11). The molecule has 0 rings (SSSR count). The summed E-state index contributed by atoms with van der Waals surface area (Å²) in [6.07, 6.45) is 0.328. The van der Waals surface area contributed by atoms with E-state index in [0.29, 0.717) is 6.54 Å². The lowest BCUT2D eigenvalue weighted by Gasteiger charge is -2.14. The molecule has 1 amide bonds. The first-order valence-corrected chi connectivity index (χ1v) is 4.23. The van der Waals surface area contributed by atoms with Crippen LogP contribution in [-0.4, -0.2) is 24.8 Å². The molecule has 0 saturated heterocycles. The van der Waals surface area contributed by atoms with Crippen molar-refractivity contribution < 1.29 is 9.53 Å². The smallest absolute Gasteiger partial charge is 0.407 e. The summed E-state index contributed by atoms with van der Waals surface area (Å²) >= 11 is 0. The summed E-state index contributed by atoms with van der Waals surface area (Å²) in [4.78, 5) is 11.0. The molecule has 72 valence electrons. The zero-order valence-electron chi connectivity index (χ0n) is 7.96. The fourth-order valence-corrected chi connectivity index (χ4v) is 0.771. The van der Waals surface area contributed by atoms with E-state index in [4.69, 9.17) is 10.5 Å². The van der Waals surface area contributed by atoms with Gasteiger partial charge in [-0.3, -0.25) is 0 Å². The number of hydrogen-bond donors (Lipinski definition) is 2. The first kappa shape index (κ1) is 11.2. The van der Waals surface area contributed by atoms with Gasteiger partial charge in [-0.25, -0.2) is 4.79 Å². The molecule has 0 aliphatic carbocycles. The van der Waals surface area contributed by atoms with E-state index in [9.17, 15) is 4.79 Å². The summed E-state index contributed by atoms with van der Waals surface area (Å²) in [6, 6.07) is 0.0845. The molecule has 0 aliphatic rings. The van der Waals surface area contributed by atoms with Crippen molar-refractivity contribution in [3.63, 3.8) is 0 Å². The maximum absolute atomic E-state index is 11.0. The number of hydrogen-bond acceptors (Lipinski definition) is 3. The highest BCUT2D eigenvalue weighted by molar-refractivity contribution is 5.67. The van der Waals surface area contributed by atoms with E-state index in [0.717, 1.165) is 6.42 Å². The third-order valence-corrected chi connectivity index (χ3v) is 1.31. The van der Waals surface area contributed by atoms with Crippen molar-refractivity contribution >= 4 is 6.09 Å². The van der Waals surface area contributed by atoms with E-state index in [1.807, 2.05) is 20.8 Å². The van der Waals surface area contributed by atoms with Gasteiger partial charge in [0.05, 0.1) is 6.10 Å². The van der Waals surface area contributed by atoms with E-state index in [1.54, 1.807) is 0 Å². The van der Waals surface area contributed by atoms with Crippen molar-refractivity contribution in [2.75, 3.05) is 6.54 Å². The maximum atomic E-state index is 11.0. The van der Waals surface area contributed by atoms with Gasteiger partial charge in [0.1, 0.15) is 0 Å². The van der Waals surface area contributed by atoms with Gasteiger partial charge in [-0.2, -0.15) is 0 Å². The van der Waals surface area contributed by atoms with Gasteiger partial charge in [-0.15, -0.1) is 0 Å². The van der Waals surface area contributed by atoms with E-state index >= 15 is 0 Å². The average molecular weight is 174 g/mol. The van der Waals surface area contributed by atoms with Crippen LogP contribution in [0.15, 0.2) is 0 Å². The van der Waals surface area contributed by atoms with Gasteiger partial charge < -0.3 is 15.8 Å². The monoisotopic (exact) mass is 174 g/mol. The Hall–Kier alpha value is -0.770. The summed E-state index contributed by atoms with van der Waals surface area (Å²) in [5.41, 5.74) is 5.31. The lowest BCUT2D eigenvalue weighted by molar-refractivity contribution is 0.112. The van der Waals surface area contributed by atoms with Crippen LogP contribution >= 0.6 is 0 Å². The number of amides is 1. The largest absolute Gasteiger partial charge is 0.447 e. The molecule has 0 fully saturated rings. The number of ether oxygens (including phenoxy) is 1. The third-order valence-electron chi connectivity index (χ3n) is 1.31. The predicted molar refractivity (Wildman–Crippen MR) is 47.9 cm³/mol. The molecule has 0 aromatic carbocycles. The molecule has 0 saturated carbocycles. The molecule has 1 unspecified atom stereocenters. The minimum atomic E-state index is -0.369. The Morgan fingerprint density at radius 3 is 2.50 bits per heavy atom. The van der Waals surface area contributed by atoms with E-state index in [-0.39, 0.29) is 18.2 Å². The van der Waals surface area contributed by atoms with Crippen LogP contribution in [0, 0.1) is 0 Å². The van der Waals surface area contributed by atoms with Gasteiger partial charge in [0.25, 0.3) is 0 Å². The summed E-state index contributed by atoms with van der Waals surface area (Å²) in [6.45, 7) is 6.10. The first-order chi connectivity index (χ1) is 5.56. The molecule has 0 spiro atoms. The Kier molecular flexibility index (Phi) is 5.45. The topological polar surface area (TPSA) is 64.3 Å². The Labute approximate surface area is 73.5 Å². The van der Waals surface area contributed by atoms with E-state index < -0.39 is 0 Å². The van der Waals surface area contributed by atoms with Crippen LogP contribution in [0.25, 0.3) is 0 Å². The third kappa shape index (κ3) is 5.97. The van der Waals surface area contributed by atoms with Crippen LogP contribution in [0.1, 0.15) is 27.2 Å². The molecule has 0 aliphatic heterocycles. The first-order valence-electron chi connectivity index (χ1n) is 4.23. The van der Waals surface area contributed by atoms with Gasteiger partial charge in [0, 0.05) is 6.04 Å². The van der Waals surface area contributed by atoms with Crippen LogP contribution in [0.4, 0.5) is 4.79 Å². The van der Waals surface area contributed by atoms with Gasteiger partial charge >= 0.3 is 6.09 Å². The second-order valence-corrected chi connectivity index (χ2v) is 3.08. The Bertz CT molecular complexity index is 137. The Balaban J connectivity index is 3.54. The number of carbonyl (C=O) groups excluding carboxylic acids is 1. The van der Waals surface area contributed by atoms with Crippen molar-refractivity contribution in [1.29, 1.82) is 0 Å². The zero-order chi connectivity index (χ0) is 9.56. The molecule has 4 heteroatoms. The Morgan fingerprint density at radius 2 is 2.08 bits per heavy atom. The number of rotatable bonds is 4. The summed E-state index contributed by atoms with van der Waals surface area (Å²) in [5.74, 6) is 0. The molecule has 3 N–H and O–H groups in total. The van der Waals surface area contributed by atoms with Gasteiger partial charge in [-0.05, 0) is 33.7 Å². The lowest BCUT2D eigenvalue weighted by Crippen LogP contribution is -2.35. The molecular formula is C8H18N2O2. The van der Waals surface area contributed by atoms with Crippen LogP contribution in [-0.2, 0) is 4.74 Å². The molecule has 0 radical (unpaired) electrons. The highest BCUT2D eigenvalue weighted by Gasteiger charge is 2.08. The number of nitrogens with two attached hydrogens (primary N) is 1. The van der Waals surface area contributed by atoms with Gasteiger partial charge in [-0.1, -0.05) is 0 Å². The van der Waals surface area contributed by atoms with E-state index in [2.05, 4.69) is 5.32 Å². The van der Waals surface area contributed by atoms with Crippen molar-refractivity contribution in [3.05, 3.63) is 0 Å². The summed E-state index contributed by atoms with van der Waals surface area (Å²) in [7, 11) is 0. The Morgan fingerprint density at radius 1 is 1.50 bits per heavy atom. The molecule has 0 aromatic heterocycles. The fourth-order valence-electron chi connectivity index (χ4n) is 0.771. The molecule has 12 heavy (non-hydrogen) atoms. The van der Waals surface area contributed by atoms with Crippen LogP contribution in [0.5, 0.6) is 0 Å². The number of carbonyl (C=O) groups is 1. The van der Waals surface area contributed by atoms with Crippen LogP contribution < -0.4 is 11.1 Å².